The molecule has 0 saturated heterocycles. The van der Waals surface area contributed by atoms with Gasteiger partial charge in [-0.3, -0.25) is 0 Å². The lowest BCUT2D eigenvalue weighted by atomic mass is 10.0. The molecule has 0 bridgehead atoms. The van der Waals surface area contributed by atoms with E-state index in [1.54, 1.807) is 54.5 Å². The lowest BCUT2D eigenvalue weighted by Gasteiger charge is -2.22. The SMILES string of the molecule is CC(C)(C)OC(=O)NC(C=O)Cc1ccc(-c2ccccc2)cc1.CCOC(=O)C=CC(Cc1ccc(-c2ccccc2)cc1)NC(=O)OC(C)(C)C. The zero-order valence-electron chi connectivity index (χ0n) is 31.8. The van der Waals surface area contributed by atoms with E-state index in [1.165, 1.54) is 6.08 Å². The molecule has 2 atom stereocenters. The van der Waals surface area contributed by atoms with Gasteiger partial charge in [-0.05, 0) is 94.7 Å². The molecule has 4 aromatic carbocycles. The maximum absolute atomic E-state index is 12.2. The third-order valence-corrected chi connectivity index (χ3v) is 7.35. The molecule has 2 N–H and O–H groups in total. The molecule has 0 saturated carbocycles. The second kappa shape index (κ2) is 20.4. The summed E-state index contributed by atoms with van der Waals surface area (Å²) < 4.78 is 15.4. The summed E-state index contributed by atoms with van der Waals surface area (Å²) >= 11 is 0. The van der Waals surface area contributed by atoms with Crippen molar-refractivity contribution in [2.75, 3.05) is 6.61 Å². The van der Waals surface area contributed by atoms with Crippen molar-refractivity contribution >= 4 is 24.4 Å². The second-order valence-corrected chi connectivity index (χ2v) is 14.3. The molecule has 0 radical (unpaired) electrons. The number of rotatable bonds is 12. The van der Waals surface area contributed by atoms with Gasteiger partial charge in [-0.15, -0.1) is 0 Å². The number of aldehydes is 1. The van der Waals surface area contributed by atoms with E-state index < -0.39 is 41.4 Å². The molecular formula is C44H52N2O7. The Morgan fingerprint density at radius 2 is 0.962 bits per heavy atom. The molecule has 0 heterocycles. The van der Waals surface area contributed by atoms with Crippen molar-refractivity contribution in [3.05, 3.63) is 132 Å². The Balaban J connectivity index is 0.000000290. The Morgan fingerprint density at radius 3 is 1.34 bits per heavy atom. The summed E-state index contributed by atoms with van der Waals surface area (Å²) in [5.74, 6) is -0.442. The van der Waals surface area contributed by atoms with Crippen molar-refractivity contribution < 1.29 is 33.4 Å². The average Bonchev–Trinajstić information content (AvgIpc) is 3.10. The maximum Gasteiger partial charge on any atom is 0.408 e. The molecule has 4 aromatic rings. The summed E-state index contributed by atoms with van der Waals surface area (Å²) in [6.45, 7) is 12.8. The number of alkyl carbamates (subject to hydrolysis) is 2. The number of ether oxygens (including phenoxy) is 3. The minimum atomic E-state index is -0.609. The third-order valence-electron chi connectivity index (χ3n) is 7.35. The molecule has 0 fully saturated rings. The van der Waals surface area contributed by atoms with Crippen molar-refractivity contribution in [2.45, 2.75) is 84.6 Å². The fraction of sp³-hybridized carbons (Fsp3) is 0.318. The molecule has 9 heteroatoms. The van der Waals surface area contributed by atoms with E-state index in [-0.39, 0.29) is 0 Å². The summed E-state index contributed by atoms with van der Waals surface area (Å²) in [6.07, 6.45) is 3.53. The number of hydrogen-bond acceptors (Lipinski definition) is 7. The number of hydrogen-bond donors (Lipinski definition) is 2. The first-order chi connectivity index (χ1) is 25.1. The highest BCUT2D eigenvalue weighted by molar-refractivity contribution is 5.82. The van der Waals surface area contributed by atoms with Crippen LogP contribution in [0.25, 0.3) is 22.3 Å². The maximum atomic E-state index is 12.2. The van der Waals surface area contributed by atoms with Crippen LogP contribution >= 0.6 is 0 Å². The zero-order valence-corrected chi connectivity index (χ0v) is 31.8. The molecule has 4 rings (SSSR count). The second-order valence-electron chi connectivity index (χ2n) is 14.3. The van der Waals surface area contributed by atoms with Gasteiger partial charge in [0.2, 0.25) is 0 Å². The van der Waals surface area contributed by atoms with E-state index in [4.69, 9.17) is 14.2 Å². The Bertz CT molecular complexity index is 1760. The molecule has 280 valence electrons. The highest BCUT2D eigenvalue weighted by Gasteiger charge is 2.20. The van der Waals surface area contributed by atoms with Gasteiger partial charge in [-0.1, -0.05) is 115 Å². The van der Waals surface area contributed by atoms with Crippen LogP contribution < -0.4 is 10.6 Å². The molecule has 0 aliphatic rings. The minimum Gasteiger partial charge on any atom is -0.463 e. The van der Waals surface area contributed by atoms with Gasteiger partial charge < -0.3 is 29.6 Å². The number of carbonyl (C=O) groups excluding carboxylic acids is 4. The Kier molecular flexibility index (Phi) is 16.0. The molecule has 0 aromatic heterocycles. The van der Waals surface area contributed by atoms with Gasteiger partial charge in [0.15, 0.2) is 0 Å². The molecule has 9 nitrogen and oxygen atoms in total. The van der Waals surface area contributed by atoms with Gasteiger partial charge in [0, 0.05) is 6.08 Å². The summed E-state index contributed by atoms with van der Waals surface area (Å²) in [5, 5.41) is 5.40. The van der Waals surface area contributed by atoms with E-state index in [2.05, 4.69) is 22.8 Å². The van der Waals surface area contributed by atoms with Crippen LogP contribution in [0.3, 0.4) is 0 Å². The third kappa shape index (κ3) is 16.5. The standard InChI is InChI=1S/C24H29NO4.C20H23NO3/c1-5-28-22(26)16-15-21(25-23(27)29-24(2,3)4)17-18-11-13-20(14-12-18)19-9-7-6-8-10-19;1-20(2,3)24-19(23)21-18(14-22)13-15-9-11-17(12-10-15)16-7-5-4-6-8-16/h6-16,21H,5,17H2,1-4H3,(H,25,27);4-12,14,18H,13H2,1-3H3,(H,21,23). The van der Waals surface area contributed by atoms with Crippen molar-refractivity contribution in [3.8, 4) is 22.3 Å². The van der Waals surface area contributed by atoms with Crippen LogP contribution in [0.15, 0.2) is 121 Å². The largest absolute Gasteiger partial charge is 0.463 e. The Morgan fingerprint density at radius 1 is 0.585 bits per heavy atom. The lowest BCUT2D eigenvalue weighted by molar-refractivity contribution is -0.137. The van der Waals surface area contributed by atoms with E-state index in [0.717, 1.165) is 39.7 Å². The van der Waals surface area contributed by atoms with E-state index in [0.29, 0.717) is 19.4 Å². The fourth-order valence-electron chi connectivity index (χ4n) is 5.04. The van der Waals surface area contributed by atoms with Crippen molar-refractivity contribution in [3.63, 3.8) is 0 Å². The van der Waals surface area contributed by atoms with E-state index in [9.17, 15) is 19.2 Å². The van der Waals surface area contributed by atoms with E-state index >= 15 is 0 Å². The normalized spacial score (nSPS) is 12.4. The lowest BCUT2D eigenvalue weighted by Crippen LogP contribution is -2.41. The fourth-order valence-corrected chi connectivity index (χ4v) is 5.04. The van der Waals surface area contributed by atoms with Crippen LogP contribution in [0, 0.1) is 0 Å². The average molecular weight is 721 g/mol. The van der Waals surface area contributed by atoms with Gasteiger partial charge >= 0.3 is 18.2 Å². The van der Waals surface area contributed by atoms with Crippen LogP contribution in [-0.4, -0.2) is 54.3 Å². The molecule has 0 aliphatic heterocycles. The first-order valence-corrected chi connectivity index (χ1v) is 17.7. The molecular weight excluding hydrogens is 668 g/mol. The summed E-state index contributed by atoms with van der Waals surface area (Å²) in [6, 6.07) is 35.3. The molecule has 2 unspecified atom stereocenters. The van der Waals surface area contributed by atoms with Crippen LogP contribution in [0.5, 0.6) is 0 Å². The highest BCUT2D eigenvalue weighted by atomic mass is 16.6. The number of esters is 1. The summed E-state index contributed by atoms with van der Waals surface area (Å²) in [4.78, 5) is 46.8. The Hall–Kier alpha value is -5.70. The number of amides is 2. The molecule has 2 amide bonds. The quantitative estimate of drug-likeness (QED) is 0.0649. The number of benzene rings is 4. The van der Waals surface area contributed by atoms with Gasteiger partial charge in [-0.25, -0.2) is 14.4 Å². The van der Waals surface area contributed by atoms with Gasteiger partial charge in [0.1, 0.15) is 17.5 Å². The summed E-state index contributed by atoms with van der Waals surface area (Å²) in [5.41, 5.74) is 5.33. The van der Waals surface area contributed by atoms with Crippen LogP contribution in [0.1, 0.15) is 59.6 Å². The van der Waals surface area contributed by atoms with Crippen molar-refractivity contribution in [1.82, 2.24) is 10.6 Å². The predicted octanol–water partition coefficient (Wildman–Crippen LogP) is 8.90. The smallest absolute Gasteiger partial charge is 0.408 e. The Labute approximate surface area is 313 Å². The first kappa shape index (κ1) is 41.7. The first-order valence-electron chi connectivity index (χ1n) is 17.7. The van der Waals surface area contributed by atoms with Crippen molar-refractivity contribution in [1.29, 1.82) is 0 Å². The molecule has 0 spiro atoms. The van der Waals surface area contributed by atoms with Crippen LogP contribution in [0.4, 0.5) is 9.59 Å². The highest BCUT2D eigenvalue weighted by Crippen LogP contribution is 2.21. The summed E-state index contributed by atoms with van der Waals surface area (Å²) in [7, 11) is 0. The van der Waals surface area contributed by atoms with Crippen molar-refractivity contribution in [2.24, 2.45) is 0 Å². The topological polar surface area (TPSA) is 120 Å². The number of carbonyl (C=O) groups is 4. The van der Waals surface area contributed by atoms with Gasteiger partial charge in [0.25, 0.3) is 0 Å². The molecule has 53 heavy (non-hydrogen) atoms. The minimum absolute atomic E-state index is 0.300. The monoisotopic (exact) mass is 720 g/mol. The zero-order chi connectivity index (χ0) is 38.9. The number of nitrogens with one attached hydrogen (secondary N) is 2. The van der Waals surface area contributed by atoms with E-state index in [1.807, 2.05) is 97.1 Å². The van der Waals surface area contributed by atoms with Gasteiger partial charge in [0.05, 0.1) is 18.7 Å². The molecule has 0 aliphatic carbocycles. The van der Waals surface area contributed by atoms with Crippen LogP contribution in [0.2, 0.25) is 0 Å². The predicted molar refractivity (Wildman–Crippen MR) is 209 cm³/mol. The van der Waals surface area contributed by atoms with Gasteiger partial charge in [-0.2, -0.15) is 0 Å². The van der Waals surface area contributed by atoms with Crippen LogP contribution in [-0.2, 0) is 36.6 Å².